The molecule has 0 N–H and O–H groups in total. The molecule has 1 unspecified atom stereocenters. The number of unbranched alkanes of at least 4 members (excludes halogenated alkanes) is 1. The number of ether oxygens (including phenoxy) is 1. The maximum absolute atomic E-state index is 11.7. The van der Waals surface area contributed by atoms with Crippen LogP contribution in [0.25, 0.3) is 0 Å². The predicted molar refractivity (Wildman–Crippen MR) is 68.6 cm³/mol. The summed E-state index contributed by atoms with van der Waals surface area (Å²) >= 11 is 1.66. The summed E-state index contributed by atoms with van der Waals surface area (Å²) in [6, 6.07) is 9.80. The summed E-state index contributed by atoms with van der Waals surface area (Å²) in [5, 5.41) is -0.183. The molecule has 0 bridgehead atoms. The number of rotatable bonds is 6. The maximum Gasteiger partial charge on any atom is 0.323 e. The molecule has 1 rings (SSSR count). The summed E-state index contributed by atoms with van der Waals surface area (Å²) in [5.74, 6) is 0.831. The van der Waals surface area contributed by atoms with Gasteiger partial charge in [0.2, 0.25) is 0 Å². The SMILES string of the molecule is CCCCSC(C(=O)OC)c1ccccc1. The molecule has 1 aromatic rings. The molecule has 3 heteroatoms. The number of hydrogen-bond donors (Lipinski definition) is 0. The van der Waals surface area contributed by atoms with E-state index in [-0.39, 0.29) is 11.2 Å². The molecule has 0 amide bonds. The van der Waals surface area contributed by atoms with E-state index in [4.69, 9.17) is 4.74 Å². The lowest BCUT2D eigenvalue weighted by molar-refractivity contribution is -0.140. The first-order valence-electron chi connectivity index (χ1n) is 5.54. The highest BCUT2D eigenvalue weighted by Gasteiger charge is 2.20. The van der Waals surface area contributed by atoms with E-state index in [9.17, 15) is 4.79 Å². The van der Waals surface area contributed by atoms with Crippen LogP contribution in [0.4, 0.5) is 0 Å². The van der Waals surface area contributed by atoms with Gasteiger partial charge in [0.05, 0.1) is 7.11 Å². The van der Waals surface area contributed by atoms with Crippen molar-refractivity contribution in [1.29, 1.82) is 0 Å². The molecule has 0 aliphatic rings. The van der Waals surface area contributed by atoms with Gasteiger partial charge in [0, 0.05) is 0 Å². The first-order valence-corrected chi connectivity index (χ1v) is 6.58. The average Bonchev–Trinajstić information content (AvgIpc) is 2.35. The van der Waals surface area contributed by atoms with Gasteiger partial charge in [-0.15, -0.1) is 11.8 Å². The van der Waals surface area contributed by atoms with Gasteiger partial charge in [0.1, 0.15) is 5.25 Å². The standard InChI is InChI=1S/C13H18O2S/c1-3-4-10-16-12(13(14)15-2)11-8-6-5-7-9-11/h5-9,12H,3-4,10H2,1-2H3. The second-order valence-electron chi connectivity index (χ2n) is 3.54. The minimum atomic E-state index is -0.183. The summed E-state index contributed by atoms with van der Waals surface area (Å²) in [6.07, 6.45) is 2.28. The molecule has 0 fully saturated rings. The molecule has 16 heavy (non-hydrogen) atoms. The monoisotopic (exact) mass is 238 g/mol. The van der Waals surface area contributed by atoms with Crippen LogP contribution in [-0.4, -0.2) is 18.8 Å². The van der Waals surface area contributed by atoms with Crippen molar-refractivity contribution < 1.29 is 9.53 Å². The van der Waals surface area contributed by atoms with Crippen LogP contribution in [0.5, 0.6) is 0 Å². The van der Waals surface area contributed by atoms with Crippen LogP contribution in [0.1, 0.15) is 30.6 Å². The van der Waals surface area contributed by atoms with Gasteiger partial charge in [0.15, 0.2) is 0 Å². The molecule has 1 aromatic carbocycles. The molecule has 0 radical (unpaired) electrons. The fourth-order valence-corrected chi connectivity index (χ4v) is 2.65. The van der Waals surface area contributed by atoms with Crippen molar-refractivity contribution in [2.45, 2.75) is 25.0 Å². The van der Waals surface area contributed by atoms with Crippen molar-refractivity contribution in [3.05, 3.63) is 35.9 Å². The lowest BCUT2D eigenvalue weighted by Crippen LogP contribution is -2.11. The number of benzene rings is 1. The Morgan fingerprint density at radius 3 is 2.62 bits per heavy atom. The predicted octanol–water partition coefficient (Wildman–Crippen LogP) is 3.43. The molecule has 0 heterocycles. The zero-order chi connectivity index (χ0) is 11.8. The van der Waals surface area contributed by atoms with Crippen LogP contribution in [0.2, 0.25) is 0 Å². The third kappa shape index (κ3) is 3.89. The van der Waals surface area contributed by atoms with Gasteiger partial charge in [0.25, 0.3) is 0 Å². The van der Waals surface area contributed by atoms with Gasteiger partial charge in [-0.3, -0.25) is 4.79 Å². The first-order chi connectivity index (χ1) is 7.79. The fraction of sp³-hybridized carbons (Fsp3) is 0.462. The second kappa shape index (κ2) is 7.34. The van der Waals surface area contributed by atoms with E-state index in [0.717, 1.165) is 24.2 Å². The van der Waals surface area contributed by atoms with Gasteiger partial charge in [-0.25, -0.2) is 0 Å². The zero-order valence-electron chi connectivity index (χ0n) is 9.81. The molecule has 0 saturated heterocycles. The number of thioether (sulfide) groups is 1. The quantitative estimate of drug-likeness (QED) is 0.561. The van der Waals surface area contributed by atoms with Crippen LogP contribution in [0.3, 0.4) is 0 Å². The molecule has 0 aromatic heterocycles. The van der Waals surface area contributed by atoms with Gasteiger partial charge in [-0.1, -0.05) is 43.7 Å². The van der Waals surface area contributed by atoms with Crippen molar-refractivity contribution in [3.63, 3.8) is 0 Å². The van der Waals surface area contributed by atoms with E-state index in [1.165, 1.54) is 7.11 Å². The van der Waals surface area contributed by atoms with Gasteiger partial charge in [-0.05, 0) is 17.7 Å². The number of carbonyl (C=O) groups is 1. The molecule has 0 aliphatic carbocycles. The van der Waals surface area contributed by atoms with E-state index >= 15 is 0 Å². The Balaban J connectivity index is 2.68. The van der Waals surface area contributed by atoms with E-state index in [1.807, 2.05) is 30.3 Å². The van der Waals surface area contributed by atoms with Crippen LogP contribution >= 0.6 is 11.8 Å². The van der Waals surface area contributed by atoms with Crippen molar-refractivity contribution >= 4 is 17.7 Å². The summed E-state index contributed by atoms with van der Waals surface area (Å²) in [5.41, 5.74) is 1.02. The maximum atomic E-state index is 11.7. The summed E-state index contributed by atoms with van der Waals surface area (Å²) in [6.45, 7) is 2.15. The average molecular weight is 238 g/mol. The number of esters is 1. The van der Waals surface area contributed by atoms with E-state index < -0.39 is 0 Å². The van der Waals surface area contributed by atoms with E-state index in [0.29, 0.717) is 0 Å². The number of carbonyl (C=O) groups excluding carboxylic acids is 1. The molecule has 2 nitrogen and oxygen atoms in total. The highest BCUT2D eigenvalue weighted by Crippen LogP contribution is 2.30. The van der Waals surface area contributed by atoms with Crippen molar-refractivity contribution in [3.8, 4) is 0 Å². The number of hydrogen-bond acceptors (Lipinski definition) is 3. The zero-order valence-corrected chi connectivity index (χ0v) is 10.6. The molecule has 1 atom stereocenters. The van der Waals surface area contributed by atoms with Crippen molar-refractivity contribution in [1.82, 2.24) is 0 Å². The Morgan fingerprint density at radius 2 is 2.06 bits per heavy atom. The molecular weight excluding hydrogens is 220 g/mol. The van der Waals surface area contributed by atoms with Crippen LogP contribution in [-0.2, 0) is 9.53 Å². The van der Waals surface area contributed by atoms with Crippen LogP contribution < -0.4 is 0 Å². The largest absolute Gasteiger partial charge is 0.468 e. The summed E-state index contributed by atoms with van der Waals surface area (Å²) < 4.78 is 4.84. The van der Waals surface area contributed by atoms with Gasteiger partial charge in [-0.2, -0.15) is 0 Å². The summed E-state index contributed by atoms with van der Waals surface area (Å²) in [4.78, 5) is 11.7. The van der Waals surface area contributed by atoms with Crippen molar-refractivity contribution in [2.75, 3.05) is 12.9 Å². The second-order valence-corrected chi connectivity index (χ2v) is 4.75. The Kier molecular flexibility index (Phi) is 6.01. The van der Waals surface area contributed by atoms with Gasteiger partial charge >= 0.3 is 5.97 Å². The minimum absolute atomic E-state index is 0.160. The van der Waals surface area contributed by atoms with E-state index in [2.05, 4.69) is 6.92 Å². The lowest BCUT2D eigenvalue weighted by Gasteiger charge is -2.14. The Bertz CT molecular complexity index is 311. The highest BCUT2D eigenvalue weighted by molar-refractivity contribution is 8.00. The smallest absolute Gasteiger partial charge is 0.323 e. The Morgan fingerprint density at radius 1 is 1.38 bits per heavy atom. The molecule has 0 saturated carbocycles. The molecule has 0 spiro atoms. The number of methoxy groups -OCH3 is 1. The Hall–Kier alpha value is -0.960. The Labute approximate surface area is 101 Å². The molecule has 88 valence electrons. The molecular formula is C13H18O2S. The third-order valence-corrected chi connectivity index (χ3v) is 3.62. The van der Waals surface area contributed by atoms with Crippen LogP contribution in [0.15, 0.2) is 30.3 Å². The first kappa shape index (κ1) is 13.1. The van der Waals surface area contributed by atoms with Crippen LogP contribution in [0, 0.1) is 0 Å². The highest BCUT2D eigenvalue weighted by atomic mass is 32.2. The van der Waals surface area contributed by atoms with E-state index in [1.54, 1.807) is 11.8 Å². The topological polar surface area (TPSA) is 26.3 Å². The van der Waals surface area contributed by atoms with Crippen molar-refractivity contribution in [2.24, 2.45) is 0 Å². The molecule has 0 aliphatic heterocycles. The third-order valence-electron chi connectivity index (χ3n) is 2.30. The lowest BCUT2D eigenvalue weighted by atomic mass is 10.1. The minimum Gasteiger partial charge on any atom is -0.468 e. The fourth-order valence-electron chi connectivity index (χ4n) is 1.38. The van der Waals surface area contributed by atoms with Gasteiger partial charge < -0.3 is 4.74 Å². The normalized spacial score (nSPS) is 12.1. The summed E-state index contributed by atoms with van der Waals surface area (Å²) in [7, 11) is 1.44.